The van der Waals surface area contributed by atoms with Gasteiger partial charge in [-0.25, -0.2) is 0 Å². The molecule has 23 heavy (non-hydrogen) atoms. The van der Waals surface area contributed by atoms with Crippen molar-refractivity contribution in [1.29, 1.82) is 5.26 Å². The molecule has 2 N–H and O–H groups in total. The lowest BCUT2D eigenvalue weighted by Gasteiger charge is -2.28. The molecule has 1 aliphatic carbocycles. The molecule has 1 aromatic carbocycles. The molecule has 2 rings (SSSR count). The summed E-state index contributed by atoms with van der Waals surface area (Å²) in [5.74, 6) is -2.09. The van der Waals surface area contributed by atoms with Crippen molar-refractivity contribution in [2.45, 2.75) is 31.7 Å². The molecule has 1 amide bonds. The van der Waals surface area contributed by atoms with Gasteiger partial charge in [0.2, 0.25) is 5.91 Å². The number of para-hydroxylation sites is 1. The van der Waals surface area contributed by atoms with Crippen LogP contribution in [0.1, 0.15) is 37.3 Å². The zero-order valence-corrected chi connectivity index (χ0v) is 13.0. The summed E-state index contributed by atoms with van der Waals surface area (Å²) < 4.78 is 5.22. The molecule has 1 fully saturated rings. The van der Waals surface area contributed by atoms with Crippen molar-refractivity contribution < 1.29 is 19.4 Å². The number of ether oxygens (including phenoxy) is 1. The minimum Gasteiger partial charge on any atom is -0.496 e. The van der Waals surface area contributed by atoms with Crippen LogP contribution in [0.2, 0.25) is 0 Å². The number of carboxylic acids is 1. The number of aliphatic carboxylic acids is 1. The Hall–Kier alpha value is -2.55. The third-order valence-electron chi connectivity index (χ3n) is 4.29. The maximum absolute atomic E-state index is 12.5. The number of carbonyl (C=O) groups excluding carboxylic acids is 1. The summed E-state index contributed by atoms with van der Waals surface area (Å²) in [6, 6.07) is 8.14. The maximum Gasteiger partial charge on any atom is 0.307 e. The predicted molar refractivity (Wildman–Crippen MR) is 82.6 cm³/mol. The molecule has 1 aliphatic rings. The summed E-state index contributed by atoms with van der Waals surface area (Å²) >= 11 is 0. The summed E-state index contributed by atoms with van der Waals surface area (Å²) in [6.45, 7) is 0. The van der Waals surface area contributed by atoms with Gasteiger partial charge in [0, 0.05) is 5.56 Å². The number of rotatable bonds is 5. The van der Waals surface area contributed by atoms with Gasteiger partial charge in [-0.3, -0.25) is 9.59 Å². The van der Waals surface area contributed by atoms with Crippen molar-refractivity contribution >= 4 is 11.9 Å². The fraction of sp³-hybridized carbons (Fsp3) is 0.471. The number of amides is 1. The Morgan fingerprint density at radius 1 is 1.30 bits per heavy atom. The van der Waals surface area contributed by atoms with Crippen molar-refractivity contribution in [2.75, 3.05) is 7.11 Å². The van der Waals surface area contributed by atoms with E-state index in [1.807, 2.05) is 6.07 Å². The number of methoxy groups -OCH3 is 1. The number of nitriles is 1. The molecule has 122 valence electrons. The molecule has 0 bridgehead atoms. The van der Waals surface area contributed by atoms with E-state index in [2.05, 4.69) is 5.32 Å². The lowest BCUT2D eigenvalue weighted by Crippen LogP contribution is -2.41. The van der Waals surface area contributed by atoms with Gasteiger partial charge >= 0.3 is 5.97 Å². The lowest BCUT2D eigenvalue weighted by atomic mass is 9.78. The van der Waals surface area contributed by atoms with Crippen LogP contribution < -0.4 is 10.1 Å². The fourth-order valence-corrected chi connectivity index (χ4v) is 3.07. The molecule has 6 nitrogen and oxygen atoms in total. The first-order valence-corrected chi connectivity index (χ1v) is 7.64. The van der Waals surface area contributed by atoms with Crippen LogP contribution in [-0.2, 0) is 9.59 Å². The summed E-state index contributed by atoms with van der Waals surface area (Å²) in [5, 5.41) is 21.3. The standard InChI is InChI=1S/C17H20N2O4/c1-23-15-9-5-4-8-13(15)14(10-18)19-16(20)11-6-2-3-7-12(11)17(21)22/h4-5,8-9,11-12,14H,2-3,6-7H2,1H3,(H,19,20)(H,21,22)/t11-,12-,14?/m0/s1. The van der Waals surface area contributed by atoms with Crippen LogP contribution in [-0.4, -0.2) is 24.1 Å². The van der Waals surface area contributed by atoms with Crippen molar-refractivity contribution in [2.24, 2.45) is 11.8 Å². The Bertz CT molecular complexity index is 623. The Morgan fingerprint density at radius 2 is 1.96 bits per heavy atom. The topological polar surface area (TPSA) is 99.4 Å². The van der Waals surface area contributed by atoms with Gasteiger partial charge < -0.3 is 15.2 Å². The van der Waals surface area contributed by atoms with Crippen molar-refractivity contribution in [3.8, 4) is 11.8 Å². The molecule has 1 aromatic rings. The van der Waals surface area contributed by atoms with Crippen LogP contribution in [0, 0.1) is 23.2 Å². The van der Waals surface area contributed by atoms with Crippen LogP contribution >= 0.6 is 0 Å². The fourth-order valence-electron chi connectivity index (χ4n) is 3.07. The van der Waals surface area contributed by atoms with Crippen LogP contribution in [0.3, 0.4) is 0 Å². The SMILES string of the molecule is COc1ccccc1C(C#N)NC(=O)[C@H]1CCCC[C@@H]1C(=O)O. The zero-order valence-electron chi connectivity index (χ0n) is 13.0. The molecular weight excluding hydrogens is 296 g/mol. The summed E-state index contributed by atoms with van der Waals surface area (Å²) in [7, 11) is 1.50. The van der Waals surface area contributed by atoms with Crippen molar-refractivity contribution in [1.82, 2.24) is 5.32 Å². The van der Waals surface area contributed by atoms with Gasteiger partial charge in [-0.2, -0.15) is 5.26 Å². The minimum absolute atomic E-state index is 0.380. The molecule has 0 spiro atoms. The molecule has 0 radical (unpaired) electrons. The Labute approximate surface area is 135 Å². The van der Waals surface area contributed by atoms with E-state index < -0.39 is 23.8 Å². The number of hydrogen-bond donors (Lipinski definition) is 2. The molecule has 1 unspecified atom stereocenters. The highest BCUT2D eigenvalue weighted by Crippen LogP contribution is 2.32. The first kappa shape index (κ1) is 16.8. The van der Waals surface area contributed by atoms with E-state index in [4.69, 9.17) is 4.74 Å². The van der Waals surface area contributed by atoms with E-state index in [0.717, 1.165) is 12.8 Å². The van der Waals surface area contributed by atoms with Crippen molar-refractivity contribution in [3.05, 3.63) is 29.8 Å². The number of carbonyl (C=O) groups is 2. The maximum atomic E-state index is 12.5. The molecule has 1 saturated carbocycles. The summed E-state index contributed by atoms with van der Waals surface area (Å²) in [5.41, 5.74) is 0.563. The highest BCUT2D eigenvalue weighted by atomic mass is 16.5. The van der Waals surface area contributed by atoms with Crippen LogP contribution in [0.5, 0.6) is 5.75 Å². The quantitative estimate of drug-likeness (QED) is 0.868. The van der Waals surface area contributed by atoms with E-state index in [1.165, 1.54) is 7.11 Å². The highest BCUT2D eigenvalue weighted by Gasteiger charge is 2.36. The van der Waals surface area contributed by atoms with Gasteiger partial charge in [0.15, 0.2) is 0 Å². The van der Waals surface area contributed by atoms with Gasteiger partial charge in [-0.15, -0.1) is 0 Å². The second-order valence-electron chi connectivity index (χ2n) is 5.65. The van der Waals surface area contributed by atoms with Gasteiger partial charge in [0.25, 0.3) is 0 Å². The molecule has 0 heterocycles. The molecule has 0 aromatic heterocycles. The average molecular weight is 316 g/mol. The third kappa shape index (κ3) is 3.81. The van der Waals surface area contributed by atoms with Crippen LogP contribution in [0.15, 0.2) is 24.3 Å². The largest absolute Gasteiger partial charge is 0.496 e. The van der Waals surface area contributed by atoms with E-state index in [1.54, 1.807) is 24.3 Å². The highest BCUT2D eigenvalue weighted by molar-refractivity contribution is 5.85. The predicted octanol–water partition coefficient (Wildman–Crippen LogP) is 2.27. The first-order valence-electron chi connectivity index (χ1n) is 7.64. The lowest BCUT2D eigenvalue weighted by molar-refractivity contribution is -0.149. The smallest absolute Gasteiger partial charge is 0.307 e. The molecule has 0 saturated heterocycles. The normalized spacial score (nSPS) is 21.7. The van der Waals surface area contributed by atoms with E-state index >= 15 is 0 Å². The second kappa shape index (κ2) is 7.63. The van der Waals surface area contributed by atoms with Crippen LogP contribution in [0.4, 0.5) is 0 Å². The van der Waals surface area contributed by atoms with E-state index in [-0.39, 0.29) is 5.91 Å². The zero-order chi connectivity index (χ0) is 16.8. The number of hydrogen-bond acceptors (Lipinski definition) is 4. The van der Waals surface area contributed by atoms with Gasteiger partial charge in [0.1, 0.15) is 11.8 Å². The van der Waals surface area contributed by atoms with Crippen LogP contribution in [0.25, 0.3) is 0 Å². The Morgan fingerprint density at radius 3 is 2.57 bits per heavy atom. The second-order valence-corrected chi connectivity index (χ2v) is 5.65. The third-order valence-corrected chi connectivity index (χ3v) is 4.29. The van der Waals surface area contributed by atoms with Gasteiger partial charge in [-0.1, -0.05) is 31.0 Å². The van der Waals surface area contributed by atoms with E-state index in [0.29, 0.717) is 24.2 Å². The number of benzene rings is 1. The molecule has 6 heteroatoms. The van der Waals surface area contributed by atoms with Crippen molar-refractivity contribution in [3.63, 3.8) is 0 Å². The van der Waals surface area contributed by atoms with Gasteiger partial charge in [-0.05, 0) is 18.9 Å². The number of nitrogens with one attached hydrogen (secondary N) is 1. The Balaban J connectivity index is 2.16. The number of nitrogens with zero attached hydrogens (tertiary/aromatic N) is 1. The van der Waals surface area contributed by atoms with E-state index in [9.17, 15) is 20.0 Å². The summed E-state index contributed by atoms with van der Waals surface area (Å²) in [4.78, 5) is 23.8. The molecule has 0 aliphatic heterocycles. The monoisotopic (exact) mass is 316 g/mol. The Kier molecular flexibility index (Phi) is 5.58. The number of carboxylic acid groups (broad SMARTS) is 1. The minimum atomic E-state index is -0.948. The molecule has 3 atom stereocenters. The first-order chi connectivity index (χ1) is 11.1. The summed E-state index contributed by atoms with van der Waals surface area (Å²) in [6.07, 6.45) is 2.68. The molecular formula is C17H20N2O4. The van der Waals surface area contributed by atoms with Gasteiger partial charge in [0.05, 0.1) is 25.0 Å². The average Bonchev–Trinajstić information content (AvgIpc) is 2.59.